The lowest BCUT2D eigenvalue weighted by Gasteiger charge is -2.39. The standard InChI is InChI=1S/C23H27FN6O4/c1-14-18(28-29-25)11-23(20(31)33-5,30(14)21(32)34-22(2,3)4)10-15-7-6-8-16(9-15)19-26-12-17(24)13-27-19/h6-9,12-14,18H,10-11H2,1-5H3/t14-,18+,23-/m0/s1. The molecule has 180 valence electrons. The van der Waals surface area contributed by atoms with Crippen LogP contribution in [0.3, 0.4) is 0 Å². The number of hydrogen-bond acceptors (Lipinski definition) is 7. The number of rotatable bonds is 5. The first kappa shape index (κ1) is 24.9. The maximum atomic E-state index is 13.3. The second-order valence-electron chi connectivity index (χ2n) is 9.19. The predicted molar refractivity (Wildman–Crippen MR) is 121 cm³/mol. The van der Waals surface area contributed by atoms with Crippen molar-refractivity contribution in [1.82, 2.24) is 14.9 Å². The van der Waals surface area contributed by atoms with Gasteiger partial charge in [0, 0.05) is 22.9 Å². The molecule has 11 heteroatoms. The Hall–Kier alpha value is -3.72. The van der Waals surface area contributed by atoms with E-state index < -0.39 is 41.1 Å². The first-order chi connectivity index (χ1) is 16.0. The van der Waals surface area contributed by atoms with Crippen LogP contribution in [0.15, 0.2) is 41.8 Å². The van der Waals surface area contributed by atoms with Crippen molar-refractivity contribution in [3.8, 4) is 11.4 Å². The lowest BCUT2D eigenvalue weighted by Crippen LogP contribution is -2.58. The van der Waals surface area contributed by atoms with Gasteiger partial charge in [0.1, 0.15) is 11.1 Å². The normalized spacial score (nSPS) is 22.1. The van der Waals surface area contributed by atoms with E-state index in [9.17, 15) is 14.0 Å². The molecule has 1 aromatic carbocycles. The van der Waals surface area contributed by atoms with E-state index in [1.807, 2.05) is 0 Å². The first-order valence-electron chi connectivity index (χ1n) is 10.7. The summed E-state index contributed by atoms with van der Waals surface area (Å²) in [4.78, 5) is 38.7. The molecule has 3 atom stereocenters. The second-order valence-corrected chi connectivity index (χ2v) is 9.19. The zero-order valence-electron chi connectivity index (χ0n) is 19.7. The van der Waals surface area contributed by atoms with Crippen LogP contribution >= 0.6 is 0 Å². The second kappa shape index (κ2) is 9.64. The Morgan fingerprint density at radius 1 is 1.32 bits per heavy atom. The number of halogens is 1. The SMILES string of the molecule is COC(=O)[C@]1(Cc2cccc(-c3ncc(F)cn3)c2)C[C@@H](N=[N+]=[N-])[C@H](C)N1C(=O)OC(C)(C)C. The number of amides is 1. The van der Waals surface area contributed by atoms with Gasteiger partial charge in [-0.1, -0.05) is 23.3 Å². The molecule has 34 heavy (non-hydrogen) atoms. The van der Waals surface area contributed by atoms with Gasteiger partial charge < -0.3 is 9.47 Å². The van der Waals surface area contributed by atoms with Gasteiger partial charge in [-0.2, -0.15) is 0 Å². The number of aromatic nitrogens is 2. The fourth-order valence-electron chi connectivity index (χ4n) is 4.25. The van der Waals surface area contributed by atoms with E-state index >= 15 is 0 Å². The van der Waals surface area contributed by atoms with E-state index in [0.717, 1.165) is 12.4 Å². The van der Waals surface area contributed by atoms with Gasteiger partial charge in [-0.05, 0) is 51.3 Å². The zero-order valence-corrected chi connectivity index (χ0v) is 19.7. The molecular weight excluding hydrogens is 443 g/mol. The van der Waals surface area contributed by atoms with Gasteiger partial charge in [0.15, 0.2) is 11.6 Å². The molecule has 0 aliphatic carbocycles. The van der Waals surface area contributed by atoms with Crippen molar-refractivity contribution in [1.29, 1.82) is 0 Å². The predicted octanol–water partition coefficient (Wildman–Crippen LogP) is 4.45. The molecule has 0 N–H and O–H groups in total. The van der Waals surface area contributed by atoms with Crippen LogP contribution in [0.1, 0.15) is 39.7 Å². The van der Waals surface area contributed by atoms with E-state index in [1.165, 1.54) is 12.0 Å². The summed E-state index contributed by atoms with van der Waals surface area (Å²) in [6, 6.07) is 5.78. The summed E-state index contributed by atoms with van der Waals surface area (Å²) in [6.07, 6.45) is 1.55. The average molecular weight is 471 g/mol. The molecule has 1 aliphatic rings. The zero-order chi connectivity index (χ0) is 25.1. The Bertz CT molecular complexity index is 1110. The van der Waals surface area contributed by atoms with Gasteiger partial charge in [0.05, 0.1) is 25.5 Å². The molecule has 0 spiro atoms. The van der Waals surface area contributed by atoms with Crippen LogP contribution in [0, 0.1) is 5.82 Å². The summed E-state index contributed by atoms with van der Waals surface area (Å²) in [5.74, 6) is -0.892. The molecule has 1 fully saturated rings. The van der Waals surface area contributed by atoms with Crippen molar-refractivity contribution < 1.29 is 23.5 Å². The molecule has 2 aromatic rings. The topological polar surface area (TPSA) is 130 Å². The van der Waals surface area contributed by atoms with Crippen LogP contribution in [0.5, 0.6) is 0 Å². The molecule has 1 aliphatic heterocycles. The lowest BCUT2D eigenvalue weighted by atomic mass is 9.86. The molecule has 1 aromatic heterocycles. The number of nitrogens with zero attached hydrogens (tertiary/aromatic N) is 6. The molecule has 2 heterocycles. The number of benzene rings is 1. The number of hydrogen-bond donors (Lipinski definition) is 0. The Morgan fingerprint density at radius 3 is 2.59 bits per heavy atom. The van der Waals surface area contributed by atoms with Crippen LogP contribution in [0.25, 0.3) is 21.8 Å². The summed E-state index contributed by atoms with van der Waals surface area (Å²) < 4.78 is 24.0. The highest BCUT2D eigenvalue weighted by atomic mass is 19.1. The van der Waals surface area contributed by atoms with Crippen molar-refractivity contribution >= 4 is 12.1 Å². The third-order valence-corrected chi connectivity index (χ3v) is 5.63. The van der Waals surface area contributed by atoms with E-state index in [0.29, 0.717) is 17.0 Å². The maximum Gasteiger partial charge on any atom is 0.411 e. The summed E-state index contributed by atoms with van der Waals surface area (Å²) in [5, 5.41) is 3.83. The Balaban J connectivity index is 2.07. The Kier molecular flexibility index (Phi) is 7.07. The van der Waals surface area contributed by atoms with Gasteiger partial charge in [-0.15, -0.1) is 0 Å². The quantitative estimate of drug-likeness (QED) is 0.275. The average Bonchev–Trinajstić information content (AvgIpc) is 3.05. The van der Waals surface area contributed by atoms with E-state index in [1.54, 1.807) is 52.0 Å². The fraction of sp³-hybridized carbons (Fsp3) is 0.478. The number of esters is 1. The van der Waals surface area contributed by atoms with Gasteiger partial charge in [0.25, 0.3) is 0 Å². The largest absolute Gasteiger partial charge is 0.467 e. The van der Waals surface area contributed by atoms with Crippen LogP contribution in [0.4, 0.5) is 9.18 Å². The summed E-state index contributed by atoms with van der Waals surface area (Å²) in [5.41, 5.74) is 8.06. The number of ether oxygens (including phenoxy) is 2. The minimum absolute atomic E-state index is 0.0570. The molecule has 3 rings (SSSR count). The molecule has 10 nitrogen and oxygen atoms in total. The van der Waals surface area contributed by atoms with Gasteiger partial charge in [-0.3, -0.25) is 4.90 Å². The van der Waals surface area contributed by atoms with Crippen LogP contribution in [-0.4, -0.2) is 57.3 Å². The molecule has 1 saturated heterocycles. The third-order valence-electron chi connectivity index (χ3n) is 5.63. The third kappa shape index (κ3) is 5.09. The molecular formula is C23H27FN6O4. The van der Waals surface area contributed by atoms with Crippen molar-refractivity contribution in [2.24, 2.45) is 5.11 Å². The fourth-order valence-corrected chi connectivity index (χ4v) is 4.25. The summed E-state index contributed by atoms with van der Waals surface area (Å²) >= 11 is 0. The summed E-state index contributed by atoms with van der Waals surface area (Å²) in [6.45, 7) is 6.88. The van der Waals surface area contributed by atoms with Crippen LogP contribution in [0.2, 0.25) is 0 Å². The lowest BCUT2D eigenvalue weighted by molar-refractivity contribution is -0.154. The first-order valence-corrected chi connectivity index (χ1v) is 10.7. The Morgan fingerprint density at radius 2 is 2.00 bits per heavy atom. The van der Waals surface area contributed by atoms with E-state index in [2.05, 4.69) is 20.0 Å². The molecule has 0 radical (unpaired) electrons. The maximum absolute atomic E-state index is 13.3. The molecule has 0 bridgehead atoms. The van der Waals surface area contributed by atoms with Gasteiger partial charge >= 0.3 is 12.1 Å². The van der Waals surface area contributed by atoms with Crippen molar-refractivity contribution in [2.75, 3.05) is 7.11 Å². The highest BCUT2D eigenvalue weighted by Crippen LogP contribution is 2.41. The molecule has 0 saturated carbocycles. The van der Waals surface area contributed by atoms with Crippen LogP contribution < -0.4 is 0 Å². The number of carbonyl (C=O) groups excluding carboxylic acids is 2. The van der Waals surface area contributed by atoms with Crippen molar-refractivity contribution in [3.05, 3.63) is 58.5 Å². The monoisotopic (exact) mass is 470 g/mol. The van der Waals surface area contributed by atoms with E-state index in [4.69, 9.17) is 15.0 Å². The van der Waals surface area contributed by atoms with E-state index in [-0.39, 0.29) is 12.8 Å². The van der Waals surface area contributed by atoms with Crippen molar-refractivity contribution in [2.45, 2.75) is 63.8 Å². The van der Waals surface area contributed by atoms with Gasteiger partial charge in [-0.25, -0.2) is 23.9 Å². The number of methoxy groups -OCH3 is 1. The van der Waals surface area contributed by atoms with Crippen molar-refractivity contribution in [3.63, 3.8) is 0 Å². The smallest absolute Gasteiger partial charge is 0.411 e. The Labute approximate surface area is 196 Å². The number of carbonyl (C=O) groups is 2. The summed E-state index contributed by atoms with van der Waals surface area (Å²) in [7, 11) is 1.24. The van der Waals surface area contributed by atoms with Crippen LogP contribution in [-0.2, 0) is 20.7 Å². The highest BCUT2D eigenvalue weighted by Gasteiger charge is 2.58. The molecule has 0 unspecified atom stereocenters. The minimum Gasteiger partial charge on any atom is -0.467 e. The molecule has 1 amide bonds. The number of azide groups is 1. The highest BCUT2D eigenvalue weighted by molar-refractivity contribution is 5.87. The number of likely N-dealkylation sites (tertiary alicyclic amines) is 1. The van der Waals surface area contributed by atoms with Gasteiger partial charge in [0.2, 0.25) is 0 Å². The minimum atomic E-state index is -1.47.